The number of fused-ring (bicyclic) bond motifs is 3. The highest BCUT2D eigenvalue weighted by Crippen LogP contribution is 2.36. The molecule has 18 heteroatoms. The number of likely N-dealkylation sites (N-methyl/N-ethyl adjacent to an activating group) is 1. The third-order valence-corrected chi connectivity index (χ3v) is 14.2. The molecule has 70 heavy (non-hydrogen) atoms. The van der Waals surface area contributed by atoms with E-state index in [-0.39, 0.29) is 51.2 Å². The fraction of sp³-hybridized carbons (Fsp3) is 0.692. The lowest BCUT2D eigenvalue weighted by molar-refractivity contribution is -0.305. The summed E-state index contributed by atoms with van der Waals surface area (Å²) in [4.78, 5) is 36.1. The van der Waals surface area contributed by atoms with Crippen molar-refractivity contribution in [1.29, 1.82) is 0 Å². The van der Waals surface area contributed by atoms with E-state index in [1.807, 2.05) is 64.1 Å². The monoisotopic (exact) mass is 984 g/mol. The first-order valence-corrected chi connectivity index (χ1v) is 24.8. The molecule has 3 N–H and O–H groups in total. The molecule has 1 aliphatic carbocycles. The van der Waals surface area contributed by atoms with Gasteiger partial charge in [0.15, 0.2) is 24.4 Å². The second-order valence-corrected chi connectivity index (χ2v) is 19.5. The quantitative estimate of drug-likeness (QED) is 0.176. The van der Waals surface area contributed by atoms with Gasteiger partial charge in [-0.3, -0.25) is 9.59 Å². The lowest BCUT2D eigenvalue weighted by Crippen LogP contribution is -2.63. The summed E-state index contributed by atoms with van der Waals surface area (Å²) in [7, 11) is 6.64. The van der Waals surface area contributed by atoms with E-state index in [1.165, 1.54) is 7.11 Å². The van der Waals surface area contributed by atoms with Gasteiger partial charge >= 0.3 is 5.97 Å². The lowest BCUT2D eigenvalue weighted by Gasteiger charge is -2.47. The zero-order chi connectivity index (χ0) is 50.5. The Bertz CT molecular complexity index is 2030. The van der Waals surface area contributed by atoms with Gasteiger partial charge in [0.25, 0.3) is 0 Å². The number of cyclic esters (lactones) is 1. The van der Waals surface area contributed by atoms with E-state index >= 15 is 0 Å². The van der Waals surface area contributed by atoms with Crippen LogP contribution < -0.4 is 0 Å². The zero-order valence-electron chi connectivity index (χ0n) is 42.3. The van der Waals surface area contributed by atoms with Gasteiger partial charge in [0.05, 0.1) is 68.9 Å². The molecule has 1 aromatic heterocycles. The first-order chi connectivity index (χ1) is 33.6. The number of carbonyl (C=O) groups is 2. The van der Waals surface area contributed by atoms with Gasteiger partial charge in [0, 0.05) is 50.2 Å². The molecule has 0 spiro atoms. The molecule has 6 rings (SSSR count). The standard InChI is InChI=1S/C52H77N3O15/c1-10-42-36(26-64-43-19-18-41(57)50(61-8)51(43)62-9)22-30(2)16-17-40(56)31(3)23-35-20-21-63-27-37(53-66-29-38-24-39(54-70-38)34-14-12-11-13-15-34)28-65-44(25-45(58)68-42)32(4)49(35)69-52-48(60)46(55(6)7)47(59)33(5)67-52/h11-17,22,24,31-33,35-36,41-44,46-52,57,59-60H,10,18-21,23,25-29H2,1-9H3/b17-16+,30-22+,53-37+/t31-,32+,33-,35?,36-,41-,42-,43-,44-,46+,47-,48-,49-,50-,51+,52+/m1/s1. The molecule has 390 valence electrons. The number of ketones is 1. The molecule has 0 amide bonds. The predicted molar refractivity (Wildman–Crippen MR) is 257 cm³/mol. The van der Waals surface area contributed by atoms with Crippen LogP contribution in [0, 0.1) is 23.7 Å². The number of aliphatic hydroxyl groups is 3. The van der Waals surface area contributed by atoms with Crippen LogP contribution in [-0.2, 0) is 58.9 Å². The van der Waals surface area contributed by atoms with E-state index in [4.69, 9.17) is 47.3 Å². The SMILES string of the molecule is CC[C@H]1OC(=O)C[C@H]2OC/C(=N/OCc3cc(-c4ccccc4)no3)COCCC(C[C@@H](C)C(=O)/C=C/C(C)=C/[C@@H]1CO[C@@H]1CC[C@@H](O)[C@@H](OC)[C@H]1OC)[C@H](O[C@@H]1O[C@H](C)[C@@H](O)[C@H](N(C)C)[C@H]1O)[C@H]2C. The number of ether oxygens (including phenoxy) is 8. The minimum absolute atomic E-state index is 0.0163. The first kappa shape index (κ1) is 55.4. The van der Waals surface area contributed by atoms with Gasteiger partial charge in [-0.15, -0.1) is 0 Å². The molecule has 18 nitrogen and oxygen atoms in total. The van der Waals surface area contributed by atoms with Crippen molar-refractivity contribution in [3.8, 4) is 11.3 Å². The zero-order valence-corrected chi connectivity index (χ0v) is 42.3. The number of nitrogens with zero attached hydrogens (tertiary/aromatic N) is 3. The molecule has 4 aliphatic rings. The van der Waals surface area contributed by atoms with Gasteiger partial charge in [-0.2, -0.15) is 0 Å². The number of aliphatic hydroxyl groups excluding tert-OH is 3. The van der Waals surface area contributed by atoms with E-state index in [0.717, 1.165) is 11.1 Å². The Morgan fingerprint density at radius 3 is 2.40 bits per heavy atom. The number of carbonyl (C=O) groups excluding carboxylic acids is 2. The molecule has 0 radical (unpaired) electrons. The molecule has 4 heterocycles. The molecule has 1 aromatic carbocycles. The van der Waals surface area contributed by atoms with Crippen LogP contribution in [0.15, 0.2) is 69.9 Å². The number of rotatable bonds is 13. The third-order valence-electron chi connectivity index (χ3n) is 14.2. The molecule has 2 saturated heterocycles. The highest BCUT2D eigenvalue weighted by atomic mass is 16.7. The molecule has 1 saturated carbocycles. The number of allylic oxidation sites excluding steroid dienone is 3. The Balaban J connectivity index is 1.32. The van der Waals surface area contributed by atoms with Crippen LogP contribution in [0.25, 0.3) is 11.3 Å². The van der Waals surface area contributed by atoms with Crippen LogP contribution in [-0.4, -0.2) is 171 Å². The molecule has 2 bridgehead atoms. The fourth-order valence-electron chi connectivity index (χ4n) is 10.2. The number of methoxy groups -OCH3 is 2. The Labute approximate surface area is 412 Å². The van der Waals surface area contributed by atoms with E-state index in [9.17, 15) is 24.9 Å². The summed E-state index contributed by atoms with van der Waals surface area (Å²) in [5, 5.41) is 42.1. The summed E-state index contributed by atoms with van der Waals surface area (Å²) < 4.78 is 55.9. The van der Waals surface area contributed by atoms with E-state index in [1.54, 1.807) is 51.2 Å². The van der Waals surface area contributed by atoms with Crippen molar-refractivity contribution < 1.29 is 72.2 Å². The van der Waals surface area contributed by atoms with Crippen molar-refractivity contribution in [1.82, 2.24) is 10.1 Å². The first-order valence-electron chi connectivity index (χ1n) is 24.8. The van der Waals surface area contributed by atoms with Crippen LogP contribution >= 0.6 is 0 Å². The Hall–Kier alpha value is -3.92. The van der Waals surface area contributed by atoms with Gasteiger partial charge in [-0.25, -0.2) is 0 Å². The maximum atomic E-state index is 14.5. The Kier molecular flexibility index (Phi) is 21.1. The third kappa shape index (κ3) is 14.6. The summed E-state index contributed by atoms with van der Waals surface area (Å²) in [6.07, 6.45) is -1.25. The molecule has 3 aliphatic heterocycles. The highest BCUT2D eigenvalue weighted by Gasteiger charge is 2.48. The maximum Gasteiger partial charge on any atom is 0.308 e. The van der Waals surface area contributed by atoms with E-state index in [2.05, 4.69) is 10.3 Å². The van der Waals surface area contributed by atoms with E-state index < -0.39 is 97.1 Å². The summed E-state index contributed by atoms with van der Waals surface area (Å²) in [5.74, 6) is -2.02. The average Bonchev–Trinajstić information content (AvgIpc) is 3.82. The Morgan fingerprint density at radius 2 is 1.69 bits per heavy atom. The van der Waals surface area contributed by atoms with Crippen molar-refractivity contribution in [3.05, 3.63) is 66.0 Å². The van der Waals surface area contributed by atoms with Crippen molar-refractivity contribution in [2.75, 3.05) is 54.7 Å². The van der Waals surface area contributed by atoms with Crippen molar-refractivity contribution in [3.63, 3.8) is 0 Å². The second-order valence-electron chi connectivity index (χ2n) is 19.5. The summed E-state index contributed by atoms with van der Waals surface area (Å²) in [6.45, 7) is 9.68. The smallest absolute Gasteiger partial charge is 0.308 e. The number of hydrogen-bond acceptors (Lipinski definition) is 18. The van der Waals surface area contributed by atoms with Crippen LogP contribution in [0.5, 0.6) is 0 Å². The second kappa shape index (κ2) is 26.7. The minimum Gasteiger partial charge on any atom is -0.462 e. The van der Waals surface area contributed by atoms with Crippen LogP contribution in [0.3, 0.4) is 0 Å². The molecule has 2 aromatic rings. The maximum absolute atomic E-state index is 14.5. The molecule has 3 fully saturated rings. The van der Waals surface area contributed by atoms with Gasteiger partial charge in [-0.05, 0) is 72.0 Å². The molecular weight excluding hydrogens is 907 g/mol. The summed E-state index contributed by atoms with van der Waals surface area (Å²) in [6, 6.07) is 10.7. The minimum atomic E-state index is -1.26. The molecular formula is C52H77N3O15. The van der Waals surface area contributed by atoms with Gasteiger partial charge in [0.1, 0.15) is 35.8 Å². The predicted octanol–water partition coefficient (Wildman–Crippen LogP) is 5.06. The van der Waals surface area contributed by atoms with Crippen molar-refractivity contribution in [2.45, 2.75) is 153 Å². The normalized spacial score (nSPS) is 37.3. The largest absolute Gasteiger partial charge is 0.462 e. The highest BCUT2D eigenvalue weighted by molar-refractivity contribution is 5.91. The number of esters is 1. The van der Waals surface area contributed by atoms with Crippen LogP contribution in [0.2, 0.25) is 0 Å². The molecule has 16 atom stereocenters. The average molecular weight is 984 g/mol. The van der Waals surface area contributed by atoms with Gasteiger partial charge in [0.2, 0.25) is 0 Å². The number of aromatic nitrogens is 1. The fourth-order valence-corrected chi connectivity index (χ4v) is 10.2. The van der Waals surface area contributed by atoms with Crippen molar-refractivity contribution in [2.24, 2.45) is 28.8 Å². The Morgan fingerprint density at radius 1 is 0.929 bits per heavy atom. The summed E-state index contributed by atoms with van der Waals surface area (Å²) in [5.41, 5.74) is 2.75. The van der Waals surface area contributed by atoms with Gasteiger partial charge < -0.3 is 67.5 Å². The number of oxime groups is 1. The van der Waals surface area contributed by atoms with Crippen molar-refractivity contribution >= 4 is 17.5 Å². The van der Waals surface area contributed by atoms with Gasteiger partial charge in [-0.1, -0.05) is 79.1 Å². The van der Waals surface area contributed by atoms with E-state index in [0.29, 0.717) is 49.3 Å². The topological polar surface area (TPSA) is 220 Å². The number of hydrogen-bond donors (Lipinski definition) is 3. The lowest BCUT2D eigenvalue weighted by atomic mass is 9.79. The van der Waals surface area contributed by atoms with Crippen LogP contribution in [0.4, 0.5) is 0 Å². The molecule has 1 unspecified atom stereocenters. The van der Waals surface area contributed by atoms with Crippen LogP contribution in [0.1, 0.15) is 78.9 Å². The number of benzene rings is 1. The summed E-state index contributed by atoms with van der Waals surface area (Å²) >= 11 is 0.